The van der Waals surface area contributed by atoms with E-state index in [0.717, 1.165) is 17.8 Å². The summed E-state index contributed by atoms with van der Waals surface area (Å²) in [6.45, 7) is 0.120. The van der Waals surface area contributed by atoms with Gasteiger partial charge in [0.2, 0.25) is 0 Å². The molecule has 0 aromatic heterocycles. The molecule has 1 N–H and O–H groups in total. The third-order valence-corrected chi connectivity index (χ3v) is 4.58. The minimum Gasteiger partial charge on any atom is -0.481 e. The number of nitrogens with zero attached hydrogens (tertiary/aromatic N) is 1. The highest BCUT2D eigenvalue weighted by atomic mass is 32.2. The molecule has 0 spiro atoms. The second-order valence-corrected chi connectivity index (χ2v) is 6.59. The van der Waals surface area contributed by atoms with E-state index in [9.17, 15) is 22.8 Å². The zero-order valence-electron chi connectivity index (χ0n) is 12.2. The van der Waals surface area contributed by atoms with E-state index in [0.29, 0.717) is 0 Å². The summed E-state index contributed by atoms with van der Waals surface area (Å²) in [5, 5.41) is 8.61. The smallest absolute Gasteiger partial charge is 0.416 e. The SMILES string of the molecule is O=C(O)CCCN1C(=O)C(=Cc2ccccc2C(F)(F)F)SC1=S. The molecule has 0 unspecified atom stereocenters. The van der Waals surface area contributed by atoms with Crippen LogP contribution in [0.2, 0.25) is 0 Å². The van der Waals surface area contributed by atoms with Crippen LogP contribution < -0.4 is 0 Å². The molecule has 4 nitrogen and oxygen atoms in total. The molecule has 1 aliphatic heterocycles. The van der Waals surface area contributed by atoms with Gasteiger partial charge in [0.05, 0.1) is 10.5 Å². The Morgan fingerprint density at radius 1 is 1.33 bits per heavy atom. The van der Waals surface area contributed by atoms with Gasteiger partial charge in [-0.2, -0.15) is 13.2 Å². The molecule has 0 atom stereocenters. The van der Waals surface area contributed by atoms with E-state index in [1.165, 1.54) is 29.2 Å². The average molecular weight is 375 g/mol. The molecule has 0 bridgehead atoms. The minimum atomic E-state index is -4.53. The van der Waals surface area contributed by atoms with Crippen molar-refractivity contribution in [3.8, 4) is 0 Å². The summed E-state index contributed by atoms with van der Waals surface area (Å²) in [5.41, 5.74) is -0.947. The number of hydrogen-bond acceptors (Lipinski definition) is 4. The predicted octanol–water partition coefficient (Wildman–Crippen LogP) is 3.77. The monoisotopic (exact) mass is 375 g/mol. The Morgan fingerprint density at radius 2 is 2.00 bits per heavy atom. The second kappa shape index (κ2) is 7.35. The van der Waals surface area contributed by atoms with Crippen LogP contribution in [0.4, 0.5) is 13.2 Å². The van der Waals surface area contributed by atoms with Gasteiger partial charge < -0.3 is 5.11 Å². The molecule has 9 heteroatoms. The van der Waals surface area contributed by atoms with Crippen LogP contribution in [-0.2, 0) is 15.8 Å². The van der Waals surface area contributed by atoms with Gasteiger partial charge in [0.25, 0.3) is 5.91 Å². The summed E-state index contributed by atoms with van der Waals surface area (Å²) in [6.07, 6.45) is -3.26. The van der Waals surface area contributed by atoms with Crippen molar-refractivity contribution in [2.75, 3.05) is 6.54 Å². The van der Waals surface area contributed by atoms with Crippen molar-refractivity contribution >= 4 is 46.3 Å². The molecule has 1 fully saturated rings. The lowest BCUT2D eigenvalue weighted by molar-refractivity contribution is -0.138. The minimum absolute atomic E-state index is 0.0898. The Bertz CT molecular complexity index is 716. The lowest BCUT2D eigenvalue weighted by Gasteiger charge is -2.13. The predicted molar refractivity (Wildman–Crippen MR) is 88.2 cm³/mol. The van der Waals surface area contributed by atoms with Gasteiger partial charge in [-0.15, -0.1) is 0 Å². The molecular weight excluding hydrogens is 363 g/mol. The van der Waals surface area contributed by atoms with Gasteiger partial charge in [-0.3, -0.25) is 14.5 Å². The Labute approximate surface area is 145 Å². The standard InChI is InChI=1S/C15H12F3NO3S2/c16-15(17,18)10-5-2-1-4-9(10)8-11-13(22)19(14(23)24-11)7-3-6-12(20)21/h1-2,4-5,8H,3,6-7H2,(H,20,21). The van der Waals surface area contributed by atoms with Gasteiger partial charge in [-0.1, -0.05) is 42.2 Å². The first kappa shape index (κ1) is 18.5. The maximum absolute atomic E-state index is 13.0. The number of carbonyl (C=O) groups excluding carboxylic acids is 1. The van der Waals surface area contributed by atoms with E-state index in [4.69, 9.17) is 17.3 Å². The number of thioether (sulfide) groups is 1. The fourth-order valence-electron chi connectivity index (χ4n) is 2.10. The number of halogens is 3. The summed E-state index contributed by atoms with van der Waals surface area (Å²) < 4.78 is 39.2. The molecule has 0 aliphatic carbocycles. The molecule has 1 amide bonds. The Hall–Kier alpha value is -1.87. The maximum atomic E-state index is 13.0. The van der Waals surface area contributed by atoms with E-state index < -0.39 is 23.6 Å². The highest BCUT2D eigenvalue weighted by molar-refractivity contribution is 8.26. The molecule has 1 aromatic carbocycles. The number of aliphatic carboxylic acids is 1. The number of alkyl halides is 3. The van der Waals surface area contributed by atoms with Crippen LogP contribution in [0.5, 0.6) is 0 Å². The first-order chi connectivity index (χ1) is 11.2. The van der Waals surface area contributed by atoms with Crippen LogP contribution in [0.3, 0.4) is 0 Å². The first-order valence-corrected chi connectivity index (χ1v) is 8.06. The van der Waals surface area contributed by atoms with Crippen molar-refractivity contribution in [1.82, 2.24) is 4.90 Å². The molecule has 0 saturated carbocycles. The number of carboxylic acids is 1. The zero-order chi connectivity index (χ0) is 17.9. The highest BCUT2D eigenvalue weighted by Crippen LogP contribution is 2.36. The Morgan fingerprint density at radius 3 is 2.62 bits per heavy atom. The molecule has 24 heavy (non-hydrogen) atoms. The number of hydrogen-bond donors (Lipinski definition) is 1. The zero-order valence-corrected chi connectivity index (χ0v) is 13.8. The van der Waals surface area contributed by atoms with E-state index in [-0.39, 0.29) is 34.2 Å². The molecule has 1 heterocycles. The number of amides is 1. The van der Waals surface area contributed by atoms with E-state index in [1.807, 2.05) is 0 Å². The van der Waals surface area contributed by atoms with E-state index >= 15 is 0 Å². The van der Waals surface area contributed by atoms with Crippen molar-refractivity contribution in [1.29, 1.82) is 0 Å². The molecule has 1 aliphatic rings. The van der Waals surface area contributed by atoms with Crippen LogP contribution in [0, 0.1) is 0 Å². The normalized spacial score (nSPS) is 17.0. The lowest BCUT2D eigenvalue weighted by Crippen LogP contribution is -2.29. The third-order valence-electron chi connectivity index (χ3n) is 3.20. The summed E-state index contributed by atoms with van der Waals surface area (Å²) in [6, 6.07) is 4.95. The van der Waals surface area contributed by atoms with Gasteiger partial charge >= 0.3 is 12.1 Å². The van der Waals surface area contributed by atoms with Gasteiger partial charge in [0.15, 0.2) is 0 Å². The largest absolute Gasteiger partial charge is 0.481 e. The number of rotatable bonds is 5. The third kappa shape index (κ3) is 4.35. The van der Waals surface area contributed by atoms with E-state index in [2.05, 4.69) is 0 Å². The molecule has 128 valence electrons. The van der Waals surface area contributed by atoms with Gasteiger partial charge in [-0.05, 0) is 24.1 Å². The summed E-state index contributed by atoms with van der Waals surface area (Å²) in [5.74, 6) is -1.50. The fraction of sp³-hybridized carbons (Fsp3) is 0.267. The van der Waals surface area contributed by atoms with Crippen molar-refractivity contribution in [3.05, 3.63) is 40.3 Å². The summed E-state index contributed by atoms with van der Waals surface area (Å²) in [4.78, 5) is 24.1. The molecule has 1 aromatic rings. The van der Waals surface area contributed by atoms with Crippen LogP contribution >= 0.6 is 24.0 Å². The van der Waals surface area contributed by atoms with Gasteiger partial charge in [0, 0.05) is 13.0 Å². The van der Waals surface area contributed by atoms with E-state index in [1.54, 1.807) is 0 Å². The number of benzene rings is 1. The van der Waals surface area contributed by atoms with Crippen LogP contribution in [0.25, 0.3) is 6.08 Å². The number of carbonyl (C=O) groups is 2. The highest BCUT2D eigenvalue weighted by Gasteiger charge is 2.35. The number of carboxylic acid groups (broad SMARTS) is 1. The van der Waals surface area contributed by atoms with Crippen LogP contribution in [0.1, 0.15) is 24.0 Å². The molecule has 2 rings (SSSR count). The quantitative estimate of drug-likeness (QED) is 0.627. The van der Waals surface area contributed by atoms with Crippen LogP contribution in [-0.4, -0.2) is 32.7 Å². The van der Waals surface area contributed by atoms with Gasteiger partial charge in [-0.25, -0.2) is 0 Å². The maximum Gasteiger partial charge on any atom is 0.416 e. The number of thiocarbonyl (C=S) groups is 1. The topological polar surface area (TPSA) is 57.6 Å². The summed E-state index contributed by atoms with van der Waals surface area (Å²) in [7, 11) is 0. The Kier molecular flexibility index (Phi) is 5.66. The van der Waals surface area contributed by atoms with Crippen molar-refractivity contribution in [2.45, 2.75) is 19.0 Å². The Balaban J connectivity index is 2.22. The molecule has 0 radical (unpaired) electrons. The summed E-state index contributed by atoms with van der Waals surface area (Å²) >= 11 is 5.96. The molecular formula is C15H12F3NO3S2. The van der Waals surface area contributed by atoms with Gasteiger partial charge in [0.1, 0.15) is 4.32 Å². The molecule has 1 saturated heterocycles. The lowest BCUT2D eigenvalue weighted by atomic mass is 10.1. The van der Waals surface area contributed by atoms with Crippen molar-refractivity contribution in [3.63, 3.8) is 0 Å². The fourth-order valence-corrected chi connectivity index (χ4v) is 3.40. The average Bonchev–Trinajstić information content (AvgIpc) is 2.74. The van der Waals surface area contributed by atoms with Crippen molar-refractivity contribution in [2.24, 2.45) is 0 Å². The van der Waals surface area contributed by atoms with Crippen LogP contribution in [0.15, 0.2) is 29.2 Å². The first-order valence-electron chi connectivity index (χ1n) is 6.83. The van der Waals surface area contributed by atoms with Crippen molar-refractivity contribution < 1.29 is 27.9 Å². The second-order valence-electron chi connectivity index (χ2n) is 4.92.